The van der Waals surface area contributed by atoms with Gasteiger partial charge in [-0.15, -0.1) is 13.2 Å². The first-order valence-corrected chi connectivity index (χ1v) is 8.36. The van der Waals surface area contributed by atoms with Crippen LogP contribution in [-0.2, 0) is 17.8 Å². The van der Waals surface area contributed by atoms with Crippen molar-refractivity contribution in [1.82, 2.24) is 4.57 Å². The van der Waals surface area contributed by atoms with Gasteiger partial charge in [0, 0.05) is 17.6 Å². The molecular formula is C19H15ClF3NO3. The van der Waals surface area contributed by atoms with E-state index >= 15 is 0 Å². The number of para-hydroxylation sites is 1. The molecule has 0 spiro atoms. The molecule has 0 saturated heterocycles. The molecule has 0 atom stereocenters. The van der Waals surface area contributed by atoms with Gasteiger partial charge < -0.3 is 14.4 Å². The standard InChI is InChI=1S/C19H15ClF3NO3/c1-11-15(9-17(25)26)14-6-3-7-16(20)18(14)24(11)10-12-4-2-5-13(8-12)27-19(21,22)23/h2-8H,9-10H2,1H3,(H,25,26). The lowest BCUT2D eigenvalue weighted by atomic mass is 10.1. The zero-order chi connectivity index (χ0) is 19.8. The Hall–Kier alpha value is -2.67. The maximum absolute atomic E-state index is 12.4. The third-order valence-corrected chi connectivity index (χ3v) is 4.53. The summed E-state index contributed by atoms with van der Waals surface area (Å²) in [7, 11) is 0. The van der Waals surface area contributed by atoms with Crippen LogP contribution in [0.5, 0.6) is 5.75 Å². The number of benzene rings is 2. The number of aliphatic carboxylic acids is 1. The van der Waals surface area contributed by atoms with Crippen LogP contribution in [0.25, 0.3) is 10.9 Å². The first-order chi connectivity index (χ1) is 12.7. The number of aromatic nitrogens is 1. The van der Waals surface area contributed by atoms with Crippen molar-refractivity contribution < 1.29 is 27.8 Å². The van der Waals surface area contributed by atoms with Gasteiger partial charge in [0.25, 0.3) is 0 Å². The van der Waals surface area contributed by atoms with Gasteiger partial charge in [-0.2, -0.15) is 0 Å². The fourth-order valence-corrected chi connectivity index (χ4v) is 3.43. The molecule has 0 bridgehead atoms. The summed E-state index contributed by atoms with van der Waals surface area (Å²) in [5.41, 5.74) is 2.54. The van der Waals surface area contributed by atoms with Gasteiger partial charge in [0.15, 0.2) is 0 Å². The number of hydrogen-bond donors (Lipinski definition) is 1. The Morgan fingerprint density at radius 2 is 1.93 bits per heavy atom. The van der Waals surface area contributed by atoms with E-state index in [2.05, 4.69) is 4.74 Å². The molecule has 0 radical (unpaired) electrons. The average Bonchev–Trinajstić information content (AvgIpc) is 2.80. The van der Waals surface area contributed by atoms with Crippen LogP contribution in [0.15, 0.2) is 42.5 Å². The van der Waals surface area contributed by atoms with E-state index < -0.39 is 12.3 Å². The molecular weight excluding hydrogens is 383 g/mol. The van der Waals surface area contributed by atoms with Gasteiger partial charge in [0.05, 0.1) is 17.0 Å². The summed E-state index contributed by atoms with van der Waals surface area (Å²) in [6, 6.07) is 10.9. The molecule has 8 heteroatoms. The number of carboxylic acid groups (broad SMARTS) is 1. The van der Waals surface area contributed by atoms with Gasteiger partial charge >= 0.3 is 12.3 Å². The van der Waals surface area contributed by atoms with Crippen molar-refractivity contribution in [3.8, 4) is 5.75 Å². The van der Waals surface area contributed by atoms with E-state index in [1.165, 1.54) is 18.2 Å². The van der Waals surface area contributed by atoms with E-state index in [4.69, 9.17) is 11.6 Å². The minimum absolute atomic E-state index is 0.174. The number of hydrogen-bond acceptors (Lipinski definition) is 2. The minimum Gasteiger partial charge on any atom is -0.481 e. The van der Waals surface area contributed by atoms with Crippen LogP contribution >= 0.6 is 11.6 Å². The summed E-state index contributed by atoms with van der Waals surface area (Å²) in [6.45, 7) is 1.99. The van der Waals surface area contributed by atoms with Crippen molar-refractivity contribution in [2.75, 3.05) is 0 Å². The summed E-state index contributed by atoms with van der Waals surface area (Å²) in [5.74, 6) is -1.29. The largest absolute Gasteiger partial charge is 0.573 e. The molecule has 2 aromatic carbocycles. The summed E-state index contributed by atoms with van der Waals surface area (Å²) in [5, 5.41) is 10.4. The molecule has 1 heterocycles. The molecule has 4 nitrogen and oxygen atoms in total. The SMILES string of the molecule is Cc1c(CC(=O)O)c2cccc(Cl)c2n1Cc1cccc(OC(F)(F)F)c1. The van der Waals surface area contributed by atoms with Gasteiger partial charge in [-0.25, -0.2) is 0 Å². The average molecular weight is 398 g/mol. The lowest BCUT2D eigenvalue weighted by Gasteiger charge is -2.13. The van der Waals surface area contributed by atoms with Gasteiger partial charge in [0.1, 0.15) is 5.75 Å². The molecule has 3 aromatic rings. The van der Waals surface area contributed by atoms with Gasteiger partial charge in [-0.05, 0) is 36.2 Å². The Morgan fingerprint density at radius 3 is 2.59 bits per heavy atom. The Bertz CT molecular complexity index is 1010. The topological polar surface area (TPSA) is 51.5 Å². The van der Waals surface area contributed by atoms with Crippen LogP contribution in [0.4, 0.5) is 13.2 Å². The summed E-state index contributed by atoms with van der Waals surface area (Å²) >= 11 is 6.33. The first kappa shape index (κ1) is 19.1. The number of nitrogens with zero attached hydrogens (tertiary/aromatic N) is 1. The summed E-state index contributed by atoms with van der Waals surface area (Å²) in [4.78, 5) is 11.2. The van der Waals surface area contributed by atoms with Crippen LogP contribution in [0, 0.1) is 6.92 Å². The molecule has 3 rings (SSSR count). The third-order valence-electron chi connectivity index (χ3n) is 4.22. The molecule has 0 aliphatic heterocycles. The zero-order valence-corrected chi connectivity index (χ0v) is 14.9. The second-order valence-electron chi connectivity index (χ2n) is 6.05. The van der Waals surface area contributed by atoms with Gasteiger partial charge in [-0.1, -0.05) is 35.9 Å². The van der Waals surface area contributed by atoms with Crippen molar-refractivity contribution in [3.63, 3.8) is 0 Å². The number of alkyl halides is 3. The number of fused-ring (bicyclic) bond motifs is 1. The fraction of sp³-hybridized carbons (Fsp3) is 0.211. The second-order valence-corrected chi connectivity index (χ2v) is 6.46. The second kappa shape index (κ2) is 7.15. The van der Waals surface area contributed by atoms with Gasteiger partial charge in [-0.3, -0.25) is 4.79 Å². The monoisotopic (exact) mass is 397 g/mol. The highest BCUT2D eigenvalue weighted by Crippen LogP contribution is 2.33. The van der Waals surface area contributed by atoms with Crippen LogP contribution in [0.3, 0.4) is 0 Å². The Balaban J connectivity index is 2.06. The summed E-state index contributed by atoms with van der Waals surface area (Å²) < 4.78 is 43.1. The van der Waals surface area contributed by atoms with Crippen molar-refractivity contribution in [3.05, 3.63) is 64.3 Å². The quantitative estimate of drug-likeness (QED) is 0.645. The number of rotatable bonds is 5. The van der Waals surface area contributed by atoms with Crippen molar-refractivity contribution in [1.29, 1.82) is 0 Å². The number of carboxylic acids is 1. The molecule has 0 fully saturated rings. The Morgan fingerprint density at radius 1 is 1.22 bits per heavy atom. The highest BCUT2D eigenvalue weighted by Gasteiger charge is 2.31. The van der Waals surface area contributed by atoms with Crippen LogP contribution in [0.1, 0.15) is 16.8 Å². The van der Waals surface area contributed by atoms with Crippen molar-refractivity contribution >= 4 is 28.5 Å². The van der Waals surface area contributed by atoms with E-state index in [-0.39, 0.29) is 18.7 Å². The minimum atomic E-state index is -4.77. The van der Waals surface area contributed by atoms with Crippen molar-refractivity contribution in [2.24, 2.45) is 0 Å². The molecule has 27 heavy (non-hydrogen) atoms. The molecule has 1 N–H and O–H groups in total. The Kier molecular flexibility index (Phi) is 5.06. The number of ether oxygens (including phenoxy) is 1. The Labute approximate surface area is 157 Å². The van der Waals surface area contributed by atoms with Crippen LogP contribution in [-0.4, -0.2) is 22.0 Å². The van der Waals surface area contributed by atoms with E-state index in [1.807, 2.05) is 4.57 Å². The molecule has 0 unspecified atom stereocenters. The molecule has 0 saturated carbocycles. The molecule has 0 aliphatic carbocycles. The predicted molar refractivity (Wildman–Crippen MR) is 95.3 cm³/mol. The smallest absolute Gasteiger partial charge is 0.481 e. The lowest BCUT2D eigenvalue weighted by Crippen LogP contribution is -2.17. The van der Waals surface area contributed by atoms with E-state index in [0.717, 1.165) is 0 Å². The molecule has 1 aromatic heterocycles. The number of halogens is 4. The maximum atomic E-state index is 12.4. The number of carbonyl (C=O) groups is 1. The van der Waals surface area contributed by atoms with E-state index in [0.29, 0.717) is 32.7 Å². The van der Waals surface area contributed by atoms with Crippen LogP contribution < -0.4 is 4.74 Å². The third kappa shape index (κ3) is 4.19. The van der Waals surface area contributed by atoms with E-state index in [1.54, 1.807) is 31.2 Å². The summed E-state index contributed by atoms with van der Waals surface area (Å²) in [6.07, 6.45) is -4.94. The molecule has 142 valence electrons. The highest BCUT2D eigenvalue weighted by molar-refractivity contribution is 6.35. The normalized spacial score (nSPS) is 11.7. The zero-order valence-electron chi connectivity index (χ0n) is 14.2. The lowest BCUT2D eigenvalue weighted by molar-refractivity contribution is -0.274. The van der Waals surface area contributed by atoms with Crippen LogP contribution in [0.2, 0.25) is 5.02 Å². The molecule has 0 aliphatic rings. The fourth-order valence-electron chi connectivity index (χ4n) is 3.15. The van der Waals surface area contributed by atoms with Gasteiger partial charge in [0.2, 0.25) is 0 Å². The van der Waals surface area contributed by atoms with Crippen molar-refractivity contribution in [2.45, 2.75) is 26.3 Å². The predicted octanol–water partition coefficient (Wildman–Crippen LogP) is 5.18. The highest BCUT2D eigenvalue weighted by atomic mass is 35.5. The molecule has 0 amide bonds. The first-order valence-electron chi connectivity index (χ1n) is 7.98. The van der Waals surface area contributed by atoms with E-state index in [9.17, 15) is 23.1 Å². The maximum Gasteiger partial charge on any atom is 0.573 e.